The van der Waals surface area contributed by atoms with E-state index in [1.54, 1.807) is 0 Å². The first kappa shape index (κ1) is 18.3. The molecule has 2 aromatic carbocycles. The molecule has 1 amide bonds. The van der Waals surface area contributed by atoms with Crippen molar-refractivity contribution in [3.8, 4) is 5.75 Å². The summed E-state index contributed by atoms with van der Waals surface area (Å²) in [7, 11) is 0. The van der Waals surface area contributed by atoms with E-state index >= 15 is 0 Å². The number of para-hydroxylation sites is 2. The maximum atomic E-state index is 12.2. The van der Waals surface area contributed by atoms with Crippen molar-refractivity contribution < 1.29 is 9.53 Å². The summed E-state index contributed by atoms with van der Waals surface area (Å²) in [4.78, 5) is 12.2. The van der Waals surface area contributed by atoms with Gasteiger partial charge in [0.15, 0.2) is 0 Å². The Morgan fingerprint density at radius 2 is 1.88 bits per heavy atom. The van der Waals surface area contributed by atoms with E-state index < -0.39 is 0 Å². The number of ether oxygens (including phenoxy) is 1. The average molecular weight is 347 g/mol. The molecule has 5 heteroatoms. The molecule has 0 saturated carbocycles. The summed E-state index contributed by atoms with van der Waals surface area (Å²) in [5, 5.41) is 6.36. The Hall–Kier alpha value is -2.04. The Bertz CT molecular complexity index is 643. The van der Waals surface area contributed by atoms with Crippen LogP contribution in [0.3, 0.4) is 0 Å². The highest BCUT2D eigenvalue weighted by atomic mass is 35.5. The topological polar surface area (TPSA) is 50.4 Å². The number of halogens is 1. The van der Waals surface area contributed by atoms with Crippen LogP contribution in [0.15, 0.2) is 54.6 Å². The van der Waals surface area contributed by atoms with E-state index in [2.05, 4.69) is 10.6 Å². The van der Waals surface area contributed by atoms with Crippen LogP contribution in [0, 0.1) is 0 Å². The lowest BCUT2D eigenvalue weighted by molar-refractivity contribution is -0.116. The SMILES string of the molecule is Cl.O=C(CC1CCCN1)Nc1ccccc1COc1ccccc1. The molecular formula is C19H23ClN2O2. The molecule has 0 bridgehead atoms. The highest BCUT2D eigenvalue weighted by Gasteiger charge is 2.18. The summed E-state index contributed by atoms with van der Waals surface area (Å²) < 4.78 is 5.78. The van der Waals surface area contributed by atoms with Crippen LogP contribution in [0.5, 0.6) is 5.75 Å². The van der Waals surface area contributed by atoms with Crippen molar-refractivity contribution in [1.29, 1.82) is 0 Å². The normalized spacial score (nSPS) is 16.2. The van der Waals surface area contributed by atoms with Crippen molar-refractivity contribution in [2.24, 2.45) is 0 Å². The van der Waals surface area contributed by atoms with Crippen molar-refractivity contribution >= 4 is 24.0 Å². The third kappa shape index (κ3) is 5.25. The van der Waals surface area contributed by atoms with Crippen molar-refractivity contribution in [3.63, 3.8) is 0 Å². The summed E-state index contributed by atoms with van der Waals surface area (Å²) in [6.45, 7) is 1.45. The van der Waals surface area contributed by atoms with Gasteiger partial charge in [0.05, 0.1) is 0 Å². The fourth-order valence-electron chi connectivity index (χ4n) is 2.80. The highest BCUT2D eigenvalue weighted by Crippen LogP contribution is 2.19. The molecule has 0 aliphatic carbocycles. The minimum Gasteiger partial charge on any atom is -0.489 e. The number of amides is 1. The standard InChI is InChI=1S/C19H22N2O2.ClH/c22-19(13-16-8-6-12-20-16)21-18-11-5-4-7-15(18)14-23-17-9-2-1-3-10-17;/h1-5,7,9-11,16,20H,6,8,12-14H2,(H,21,22);1H. The van der Waals surface area contributed by atoms with Gasteiger partial charge in [-0.2, -0.15) is 0 Å². The molecule has 1 aliphatic heterocycles. The van der Waals surface area contributed by atoms with Gasteiger partial charge >= 0.3 is 0 Å². The lowest BCUT2D eigenvalue weighted by Crippen LogP contribution is -2.27. The van der Waals surface area contributed by atoms with E-state index in [0.29, 0.717) is 19.1 Å². The number of hydrogen-bond donors (Lipinski definition) is 2. The molecule has 0 aromatic heterocycles. The summed E-state index contributed by atoms with van der Waals surface area (Å²) >= 11 is 0. The predicted octanol–water partition coefficient (Wildman–Crippen LogP) is 3.77. The minimum atomic E-state index is 0. The van der Waals surface area contributed by atoms with Crippen LogP contribution < -0.4 is 15.4 Å². The zero-order chi connectivity index (χ0) is 15.9. The van der Waals surface area contributed by atoms with Gasteiger partial charge in [-0.3, -0.25) is 4.79 Å². The second-order valence-electron chi connectivity index (χ2n) is 5.80. The molecule has 1 aliphatic rings. The van der Waals surface area contributed by atoms with E-state index in [1.807, 2.05) is 54.6 Å². The summed E-state index contributed by atoms with van der Waals surface area (Å²) in [5.41, 5.74) is 1.80. The van der Waals surface area contributed by atoms with E-state index in [0.717, 1.165) is 36.4 Å². The molecule has 1 heterocycles. The number of carbonyl (C=O) groups excluding carboxylic acids is 1. The average Bonchev–Trinajstić information content (AvgIpc) is 3.08. The smallest absolute Gasteiger partial charge is 0.225 e. The van der Waals surface area contributed by atoms with Gasteiger partial charge in [0.1, 0.15) is 12.4 Å². The van der Waals surface area contributed by atoms with Crippen LogP contribution in [0.1, 0.15) is 24.8 Å². The Morgan fingerprint density at radius 1 is 1.12 bits per heavy atom. The molecular weight excluding hydrogens is 324 g/mol. The van der Waals surface area contributed by atoms with E-state index in [9.17, 15) is 4.79 Å². The van der Waals surface area contributed by atoms with Gasteiger partial charge in [-0.05, 0) is 37.6 Å². The molecule has 4 nitrogen and oxygen atoms in total. The molecule has 1 unspecified atom stereocenters. The molecule has 2 aromatic rings. The second kappa shape index (κ2) is 9.30. The fourth-order valence-corrected chi connectivity index (χ4v) is 2.80. The first-order chi connectivity index (χ1) is 11.3. The monoisotopic (exact) mass is 346 g/mol. The van der Waals surface area contributed by atoms with Gasteiger partial charge in [0, 0.05) is 23.7 Å². The molecule has 0 spiro atoms. The number of anilines is 1. The summed E-state index contributed by atoms with van der Waals surface area (Å²) in [6, 6.07) is 17.8. The molecule has 24 heavy (non-hydrogen) atoms. The maximum absolute atomic E-state index is 12.2. The van der Waals surface area contributed by atoms with E-state index in [4.69, 9.17) is 4.74 Å². The summed E-state index contributed by atoms with van der Waals surface area (Å²) in [5.74, 6) is 0.875. The van der Waals surface area contributed by atoms with Gasteiger partial charge in [-0.1, -0.05) is 36.4 Å². The molecule has 1 fully saturated rings. The number of nitrogens with one attached hydrogen (secondary N) is 2. The lowest BCUT2D eigenvalue weighted by atomic mass is 10.1. The third-order valence-electron chi connectivity index (χ3n) is 4.02. The maximum Gasteiger partial charge on any atom is 0.225 e. The van der Waals surface area contributed by atoms with Crippen LogP contribution in [0.25, 0.3) is 0 Å². The third-order valence-corrected chi connectivity index (χ3v) is 4.02. The Kier molecular flexibility index (Phi) is 7.09. The molecule has 128 valence electrons. The van der Waals surface area contributed by atoms with Gasteiger partial charge in [0.2, 0.25) is 5.91 Å². The zero-order valence-corrected chi connectivity index (χ0v) is 14.4. The first-order valence-corrected chi connectivity index (χ1v) is 8.10. The lowest BCUT2D eigenvalue weighted by Gasteiger charge is -2.14. The molecule has 1 saturated heterocycles. The van der Waals surface area contributed by atoms with Gasteiger partial charge in [-0.15, -0.1) is 12.4 Å². The zero-order valence-electron chi connectivity index (χ0n) is 13.5. The predicted molar refractivity (Wildman–Crippen MR) is 98.7 cm³/mol. The molecule has 0 radical (unpaired) electrons. The number of rotatable bonds is 6. The van der Waals surface area contributed by atoms with E-state index in [-0.39, 0.29) is 18.3 Å². The fraction of sp³-hybridized carbons (Fsp3) is 0.316. The Morgan fingerprint density at radius 3 is 2.62 bits per heavy atom. The van der Waals surface area contributed by atoms with Crippen molar-refractivity contribution in [3.05, 3.63) is 60.2 Å². The highest BCUT2D eigenvalue weighted by molar-refractivity contribution is 5.91. The molecule has 2 N–H and O–H groups in total. The van der Waals surface area contributed by atoms with E-state index in [1.165, 1.54) is 0 Å². The van der Waals surface area contributed by atoms with Gasteiger partial charge < -0.3 is 15.4 Å². The van der Waals surface area contributed by atoms with Crippen LogP contribution in [-0.2, 0) is 11.4 Å². The van der Waals surface area contributed by atoms with Crippen LogP contribution in [0.2, 0.25) is 0 Å². The number of carbonyl (C=O) groups is 1. The summed E-state index contributed by atoms with van der Waals surface area (Å²) in [6.07, 6.45) is 2.75. The number of benzene rings is 2. The molecule has 3 rings (SSSR count). The largest absolute Gasteiger partial charge is 0.489 e. The number of hydrogen-bond acceptors (Lipinski definition) is 3. The minimum absolute atomic E-state index is 0. The second-order valence-corrected chi connectivity index (χ2v) is 5.80. The van der Waals surface area contributed by atoms with Crippen molar-refractivity contribution in [2.75, 3.05) is 11.9 Å². The van der Waals surface area contributed by atoms with Gasteiger partial charge in [0.25, 0.3) is 0 Å². The van der Waals surface area contributed by atoms with Crippen molar-refractivity contribution in [2.45, 2.75) is 31.9 Å². The van der Waals surface area contributed by atoms with Crippen LogP contribution in [-0.4, -0.2) is 18.5 Å². The Balaban J connectivity index is 0.00000208. The van der Waals surface area contributed by atoms with Crippen LogP contribution >= 0.6 is 12.4 Å². The molecule has 1 atom stereocenters. The Labute approximate surface area is 149 Å². The van der Waals surface area contributed by atoms with Crippen LogP contribution in [0.4, 0.5) is 5.69 Å². The first-order valence-electron chi connectivity index (χ1n) is 8.10. The van der Waals surface area contributed by atoms with Gasteiger partial charge in [-0.25, -0.2) is 0 Å². The van der Waals surface area contributed by atoms with Crippen molar-refractivity contribution in [1.82, 2.24) is 5.32 Å². The quantitative estimate of drug-likeness (QED) is 0.837.